The first kappa shape index (κ1) is 61.9. The average Bonchev–Trinajstić information content (AvgIpc) is 4.24. The molecule has 418 valence electrons. The molecule has 0 saturated heterocycles. The van der Waals surface area contributed by atoms with Crippen LogP contribution in [-0.2, 0) is 0 Å². The van der Waals surface area contributed by atoms with Crippen LogP contribution in [0, 0.1) is 111 Å². The van der Waals surface area contributed by atoms with Crippen LogP contribution in [0.2, 0.25) is 0 Å². The van der Waals surface area contributed by atoms with Gasteiger partial charge in [-0.05, 0) is 221 Å². The van der Waals surface area contributed by atoms with Gasteiger partial charge >= 0.3 is 0 Å². The molecule has 0 atom stereocenters. The summed E-state index contributed by atoms with van der Waals surface area (Å²) in [6.07, 6.45) is 10.5. The van der Waals surface area contributed by atoms with Crippen LogP contribution < -0.4 is 0 Å². The van der Waals surface area contributed by atoms with Crippen molar-refractivity contribution in [1.29, 1.82) is 0 Å². The molecule has 0 bridgehead atoms. The fraction of sp³-hybridized carbons (Fsp3) is 0.222. The first-order valence-corrected chi connectivity index (χ1v) is 27.5. The molecule has 13 aromatic rings. The Morgan fingerprint density at radius 3 is 1.17 bits per heavy atom. The summed E-state index contributed by atoms with van der Waals surface area (Å²) in [4.78, 5) is 31.8. The van der Waals surface area contributed by atoms with E-state index >= 15 is 0 Å². The summed E-state index contributed by atoms with van der Waals surface area (Å²) in [6.45, 7) is 32.5. The van der Waals surface area contributed by atoms with E-state index in [4.69, 9.17) is 8.83 Å². The number of hydrogen-bond donors (Lipinski definition) is 0. The average molecular weight is 1090 g/mol. The standard InChI is InChI=1S/2C14H12O.C12H12.3C7H9N.C6H8N2.C5H7N3/c1-9-5-3-7-11-13(9)14-10(2)6-4-8-12(14)15-11;1-9-6-7-12-11(8-9)14-10(2)4-3-5-13(14)15-12;1-9-5-3-7-11-8-4-6-10(2)12(9)11;1-6-3-4-8-5-7(6)2;1-6-4-3-5-8-7(6)2;1-6-4-3-5-7(2)8-6;1-5-3-8-6(2)4-7-5;1-4-6-3-7-5(2)8-4/h2*3-8H,1-2H3;3-8H,1-2H3;3*3-5H,1-2H3;3-4H,1-2H3;3H,1-2H3. The van der Waals surface area contributed by atoms with E-state index in [0.717, 1.165) is 62.5 Å². The SMILES string of the molecule is Cc1ccc2oc3cccc(C)c3c2c1.Cc1cccc(C)n1.Cc1cccc2cccc(C)c12.Cc1cccc2oc3cccc(C)c3c12.Cc1cccnc1C.Cc1ccncc1C.Cc1cnc(C)cn1.Cc1ncnc(C)n1. The van der Waals surface area contributed by atoms with Crippen LogP contribution in [0.15, 0.2) is 192 Å². The summed E-state index contributed by atoms with van der Waals surface area (Å²) < 4.78 is 11.6. The summed E-state index contributed by atoms with van der Waals surface area (Å²) in [5.74, 6) is 1.55. The molecule has 7 heterocycles. The molecule has 0 saturated carbocycles. The molecule has 0 aliphatic carbocycles. The summed E-state index contributed by atoms with van der Waals surface area (Å²) in [6, 6.07) is 49.8. The highest BCUT2D eigenvalue weighted by atomic mass is 16.3. The Morgan fingerprint density at radius 2 is 0.768 bits per heavy atom. The van der Waals surface area contributed by atoms with E-state index in [1.54, 1.807) is 12.4 Å². The van der Waals surface area contributed by atoms with E-state index in [0.29, 0.717) is 0 Å². The third-order valence-corrected chi connectivity index (χ3v) is 13.4. The summed E-state index contributed by atoms with van der Waals surface area (Å²) >= 11 is 0. The lowest BCUT2D eigenvalue weighted by molar-refractivity contribution is 0.668. The molecule has 0 spiro atoms. The molecule has 10 heteroatoms. The minimum atomic E-state index is 0.775. The molecule has 82 heavy (non-hydrogen) atoms. The second kappa shape index (κ2) is 30.3. The fourth-order valence-corrected chi connectivity index (χ4v) is 8.81. The molecule has 0 unspecified atom stereocenters. The van der Waals surface area contributed by atoms with Gasteiger partial charge in [-0.25, -0.2) is 15.0 Å². The van der Waals surface area contributed by atoms with E-state index in [9.17, 15) is 0 Å². The van der Waals surface area contributed by atoms with Crippen molar-refractivity contribution in [2.75, 3.05) is 0 Å². The highest BCUT2D eigenvalue weighted by molar-refractivity contribution is 6.08. The van der Waals surface area contributed by atoms with Crippen LogP contribution in [0.4, 0.5) is 0 Å². The van der Waals surface area contributed by atoms with Gasteiger partial charge in [0.2, 0.25) is 0 Å². The number of aryl methyl sites for hydroxylation is 16. The zero-order valence-electron chi connectivity index (χ0n) is 50.7. The van der Waals surface area contributed by atoms with Gasteiger partial charge in [0.25, 0.3) is 0 Å². The number of hydrogen-bond acceptors (Lipinski definition) is 10. The number of nitrogens with zero attached hydrogens (tertiary/aromatic N) is 8. The molecule has 0 aliphatic heterocycles. The highest BCUT2D eigenvalue weighted by Crippen LogP contribution is 2.33. The third kappa shape index (κ3) is 18.1. The van der Waals surface area contributed by atoms with Gasteiger partial charge in [-0.3, -0.25) is 24.9 Å². The molecule has 0 radical (unpaired) electrons. The summed E-state index contributed by atoms with van der Waals surface area (Å²) in [5.41, 5.74) is 20.8. The number of fused-ring (bicyclic) bond motifs is 7. The Kier molecular flexibility index (Phi) is 22.9. The summed E-state index contributed by atoms with van der Waals surface area (Å²) in [5, 5.41) is 7.73. The minimum absolute atomic E-state index is 0.775. The van der Waals surface area contributed by atoms with Crippen molar-refractivity contribution in [3.63, 3.8) is 0 Å². The number of furan rings is 2. The Balaban J connectivity index is 0.000000153. The molecule has 7 aromatic heterocycles. The van der Waals surface area contributed by atoms with Crippen molar-refractivity contribution in [1.82, 2.24) is 39.9 Å². The van der Waals surface area contributed by atoms with Gasteiger partial charge in [-0.1, -0.05) is 96.6 Å². The number of rotatable bonds is 0. The van der Waals surface area contributed by atoms with Gasteiger partial charge in [0.05, 0.1) is 11.4 Å². The molecule has 0 amide bonds. The quantitative estimate of drug-likeness (QED) is 0.145. The highest BCUT2D eigenvalue weighted by Gasteiger charge is 2.10. The normalized spacial score (nSPS) is 10.2. The van der Waals surface area contributed by atoms with Crippen molar-refractivity contribution in [2.24, 2.45) is 0 Å². The molecular formula is C72H78N8O2. The van der Waals surface area contributed by atoms with E-state index in [2.05, 4.69) is 175 Å². The van der Waals surface area contributed by atoms with Crippen LogP contribution in [-0.4, -0.2) is 39.9 Å². The zero-order chi connectivity index (χ0) is 59.3. The van der Waals surface area contributed by atoms with Crippen LogP contribution in [0.1, 0.15) is 90.2 Å². The zero-order valence-corrected chi connectivity index (χ0v) is 50.7. The van der Waals surface area contributed by atoms with Crippen LogP contribution >= 0.6 is 0 Å². The Labute approximate surface area is 484 Å². The van der Waals surface area contributed by atoms with Crippen molar-refractivity contribution >= 4 is 54.6 Å². The van der Waals surface area contributed by atoms with Crippen molar-refractivity contribution in [3.05, 3.63) is 273 Å². The molecule has 6 aromatic carbocycles. The molecule has 0 N–H and O–H groups in total. The predicted molar refractivity (Wildman–Crippen MR) is 342 cm³/mol. The maximum absolute atomic E-state index is 5.81. The van der Waals surface area contributed by atoms with E-state index in [-0.39, 0.29) is 0 Å². The number of aromatic nitrogens is 8. The molecule has 10 nitrogen and oxygen atoms in total. The number of pyridine rings is 3. The van der Waals surface area contributed by atoms with E-state index in [1.807, 2.05) is 140 Å². The topological polar surface area (TPSA) is 129 Å². The summed E-state index contributed by atoms with van der Waals surface area (Å²) in [7, 11) is 0. The van der Waals surface area contributed by atoms with Gasteiger partial charge in [0.1, 0.15) is 40.3 Å². The molecular weight excluding hydrogens is 1010 g/mol. The Bertz CT molecular complexity index is 3870. The molecule has 13 rings (SSSR count). The minimum Gasteiger partial charge on any atom is -0.456 e. The predicted octanol–water partition coefficient (Wildman–Crippen LogP) is 18.5. The van der Waals surface area contributed by atoms with Crippen LogP contribution in [0.25, 0.3) is 54.6 Å². The lowest BCUT2D eigenvalue weighted by Crippen LogP contribution is -1.91. The van der Waals surface area contributed by atoms with Crippen LogP contribution in [0.5, 0.6) is 0 Å². The lowest BCUT2D eigenvalue weighted by Gasteiger charge is -2.04. The largest absolute Gasteiger partial charge is 0.456 e. The fourth-order valence-electron chi connectivity index (χ4n) is 8.81. The third-order valence-electron chi connectivity index (χ3n) is 13.4. The van der Waals surface area contributed by atoms with Crippen molar-refractivity contribution in [2.45, 2.75) is 111 Å². The van der Waals surface area contributed by atoms with Gasteiger partial charge in [-0.2, -0.15) is 0 Å². The van der Waals surface area contributed by atoms with E-state index < -0.39 is 0 Å². The number of benzene rings is 6. The van der Waals surface area contributed by atoms with Crippen molar-refractivity contribution < 1.29 is 8.83 Å². The smallest absolute Gasteiger partial charge is 0.135 e. The maximum Gasteiger partial charge on any atom is 0.135 e. The van der Waals surface area contributed by atoms with Gasteiger partial charge in [-0.15, -0.1) is 0 Å². The monoisotopic (exact) mass is 1090 g/mol. The van der Waals surface area contributed by atoms with E-state index in [1.165, 1.54) is 88.7 Å². The maximum atomic E-state index is 5.81. The van der Waals surface area contributed by atoms with Crippen molar-refractivity contribution in [3.8, 4) is 0 Å². The first-order chi connectivity index (χ1) is 39.3. The second-order valence-electron chi connectivity index (χ2n) is 20.5. The van der Waals surface area contributed by atoms with Gasteiger partial charge in [0, 0.05) is 69.6 Å². The molecule has 0 aliphatic rings. The Hall–Kier alpha value is -9.28. The van der Waals surface area contributed by atoms with Gasteiger partial charge in [0.15, 0.2) is 0 Å². The second-order valence-corrected chi connectivity index (χ2v) is 20.5. The Morgan fingerprint density at radius 1 is 0.305 bits per heavy atom. The van der Waals surface area contributed by atoms with Crippen LogP contribution in [0.3, 0.4) is 0 Å². The molecule has 0 fully saturated rings. The first-order valence-electron chi connectivity index (χ1n) is 27.5. The van der Waals surface area contributed by atoms with Gasteiger partial charge < -0.3 is 8.83 Å². The lowest BCUT2D eigenvalue weighted by atomic mass is 10.0.